The van der Waals surface area contributed by atoms with E-state index in [-0.39, 0.29) is 0 Å². The van der Waals surface area contributed by atoms with Crippen LogP contribution in [0.5, 0.6) is 0 Å². The lowest BCUT2D eigenvalue weighted by Crippen LogP contribution is -2.29. The normalized spacial score (nSPS) is 23.9. The summed E-state index contributed by atoms with van der Waals surface area (Å²) >= 11 is 0. The second-order valence-electron chi connectivity index (χ2n) is 4.94. The molecule has 1 aliphatic rings. The number of rotatable bonds is 5. The van der Waals surface area contributed by atoms with Crippen molar-refractivity contribution >= 4 is 5.69 Å². The predicted octanol–water partition coefficient (Wildman–Crippen LogP) is 3.20. The molecule has 0 atom stereocenters. The van der Waals surface area contributed by atoms with Gasteiger partial charge < -0.3 is 14.8 Å². The number of hydrogen-bond donors (Lipinski definition) is 1. The predicted molar refractivity (Wildman–Crippen MR) is 73.8 cm³/mol. The van der Waals surface area contributed by atoms with Crippen molar-refractivity contribution in [1.29, 1.82) is 0 Å². The smallest absolute Gasteiger partial charge is 0.0733 e. The molecule has 0 saturated heterocycles. The second-order valence-corrected chi connectivity index (χ2v) is 4.94. The summed E-state index contributed by atoms with van der Waals surface area (Å²) in [5, 5.41) is 3.64. The summed E-state index contributed by atoms with van der Waals surface area (Å²) in [5.74, 6) is 0. The molecule has 100 valence electrons. The highest BCUT2D eigenvalue weighted by Gasteiger charge is 2.20. The standard InChI is InChI=1S/C15H23NO2/c1-17-11-12-5-3-4-6-15(12)16-13-7-9-14(18-2)10-8-13/h3-6,13-14,16H,7-11H2,1-2H3. The first-order chi connectivity index (χ1) is 8.83. The molecular formula is C15H23NO2. The summed E-state index contributed by atoms with van der Waals surface area (Å²) in [5.41, 5.74) is 2.44. The van der Waals surface area contributed by atoms with E-state index in [0.29, 0.717) is 18.8 Å². The highest BCUT2D eigenvalue weighted by Crippen LogP contribution is 2.25. The fourth-order valence-corrected chi connectivity index (χ4v) is 2.61. The fourth-order valence-electron chi connectivity index (χ4n) is 2.61. The van der Waals surface area contributed by atoms with Gasteiger partial charge in [0.2, 0.25) is 0 Å². The molecule has 2 rings (SSSR count). The van der Waals surface area contributed by atoms with Gasteiger partial charge >= 0.3 is 0 Å². The van der Waals surface area contributed by atoms with E-state index >= 15 is 0 Å². The summed E-state index contributed by atoms with van der Waals surface area (Å²) in [4.78, 5) is 0. The molecule has 0 bridgehead atoms. The maximum Gasteiger partial charge on any atom is 0.0733 e. The van der Waals surface area contributed by atoms with Crippen molar-refractivity contribution in [1.82, 2.24) is 0 Å². The maximum atomic E-state index is 5.40. The third kappa shape index (κ3) is 3.47. The molecule has 0 aromatic heterocycles. The van der Waals surface area contributed by atoms with Crippen LogP contribution in [0.25, 0.3) is 0 Å². The maximum absolute atomic E-state index is 5.40. The van der Waals surface area contributed by atoms with Crippen LogP contribution >= 0.6 is 0 Å². The molecule has 1 aromatic rings. The Balaban J connectivity index is 1.93. The summed E-state index contributed by atoms with van der Waals surface area (Å²) in [6, 6.07) is 8.95. The van der Waals surface area contributed by atoms with Crippen LogP contribution in [0.2, 0.25) is 0 Å². The van der Waals surface area contributed by atoms with Crippen LogP contribution in [0.1, 0.15) is 31.2 Å². The third-order valence-corrected chi connectivity index (χ3v) is 3.68. The molecule has 1 fully saturated rings. The van der Waals surface area contributed by atoms with E-state index < -0.39 is 0 Å². The van der Waals surface area contributed by atoms with Gasteiger partial charge in [-0.05, 0) is 31.7 Å². The Labute approximate surface area is 109 Å². The topological polar surface area (TPSA) is 30.5 Å². The van der Waals surface area contributed by atoms with E-state index in [1.54, 1.807) is 7.11 Å². The van der Waals surface area contributed by atoms with Crippen LogP contribution in [0, 0.1) is 0 Å². The Morgan fingerprint density at radius 2 is 1.83 bits per heavy atom. The van der Waals surface area contributed by atoms with Gasteiger partial charge in [0, 0.05) is 31.5 Å². The highest BCUT2D eigenvalue weighted by molar-refractivity contribution is 5.51. The molecule has 0 spiro atoms. The monoisotopic (exact) mass is 249 g/mol. The number of hydrogen-bond acceptors (Lipinski definition) is 3. The molecule has 1 aliphatic carbocycles. The molecule has 3 heteroatoms. The average molecular weight is 249 g/mol. The first-order valence-corrected chi connectivity index (χ1v) is 6.69. The molecule has 0 aliphatic heterocycles. The number of anilines is 1. The van der Waals surface area contributed by atoms with Crippen LogP contribution in [0.3, 0.4) is 0 Å². The van der Waals surface area contributed by atoms with E-state index in [9.17, 15) is 0 Å². The Bertz CT molecular complexity index is 359. The molecule has 0 amide bonds. The van der Waals surface area contributed by atoms with Crippen molar-refractivity contribution < 1.29 is 9.47 Å². The highest BCUT2D eigenvalue weighted by atomic mass is 16.5. The zero-order chi connectivity index (χ0) is 12.8. The largest absolute Gasteiger partial charge is 0.382 e. The Morgan fingerprint density at radius 1 is 1.11 bits per heavy atom. The van der Waals surface area contributed by atoms with Crippen LogP contribution < -0.4 is 5.32 Å². The van der Waals surface area contributed by atoms with E-state index in [0.717, 1.165) is 12.8 Å². The zero-order valence-electron chi connectivity index (χ0n) is 11.3. The van der Waals surface area contributed by atoms with E-state index in [2.05, 4.69) is 29.6 Å². The Morgan fingerprint density at radius 3 is 2.50 bits per heavy atom. The fraction of sp³-hybridized carbons (Fsp3) is 0.600. The molecule has 18 heavy (non-hydrogen) atoms. The molecule has 0 unspecified atom stereocenters. The van der Waals surface area contributed by atoms with E-state index in [1.807, 2.05) is 7.11 Å². The van der Waals surface area contributed by atoms with Crippen LogP contribution in [-0.4, -0.2) is 26.4 Å². The summed E-state index contributed by atoms with van der Waals surface area (Å²) in [6.07, 6.45) is 5.12. The van der Waals surface area contributed by atoms with Gasteiger partial charge in [0.15, 0.2) is 0 Å². The molecule has 0 radical (unpaired) electrons. The average Bonchev–Trinajstić information content (AvgIpc) is 2.42. The SMILES string of the molecule is COCc1ccccc1NC1CCC(OC)CC1. The molecule has 1 saturated carbocycles. The minimum Gasteiger partial charge on any atom is -0.382 e. The van der Waals surface area contributed by atoms with Gasteiger partial charge in [-0.15, -0.1) is 0 Å². The summed E-state index contributed by atoms with van der Waals surface area (Å²) < 4.78 is 10.6. The van der Waals surface area contributed by atoms with Crippen molar-refractivity contribution in [2.24, 2.45) is 0 Å². The lowest BCUT2D eigenvalue weighted by molar-refractivity contribution is 0.0681. The second kappa shape index (κ2) is 6.76. The Hall–Kier alpha value is -1.06. The van der Waals surface area contributed by atoms with Crippen molar-refractivity contribution in [3.05, 3.63) is 29.8 Å². The number of benzene rings is 1. The third-order valence-electron chi connectivity index (χ3n) is 3.68. The lowest BCUT2D eigenvalue weighted by atomic mass is 9.92. The van der Waals surface area contributed by atoms with E-state index in [1.165, 1.54) is 24.1 Å². The number of para-hydroxylation sites is 1. The van der Waals surface area contributed by atoms with Gasteiger partial charge in [0.05, 0.1) is 12.7 Å². The van der Waals surface area contributed by atoms with Gasteiger partial charge in [0.1, 0.15) is 0 Å². The molecule has 0 heterocycles. The molecular weight excluding hydrogens is 226 g/mol. The van der Waals surface area contributed by atoms with Crippen LogP contribution in [0.15, 0.2) is 24.3 Å². The quantitative estimate of drug-likeness (QED) is 0.869. The van der Waals surface area contributed by atoms with Gasteiger partial charge in [0.25, 0.3) is 0 Å². The van der Waals surface area contributed by atoms with Crippen molar-refractivity contribution in [3.63, 3.8) is 0 Å². The number of ether oxygens (including phenoxy) is 2. The zero-order valence-corrected chi connectivity index (χ0v) is 11.3. The van der Waals surface area contributed by atoms with Gasteiger partial charge in [-0.2, -0.15) is 0 Å². The van der Waals surface area contributed by atoms with Gasteiger partial charge in [-0.3, -0.25) is 0 Å². The summed E-state index contributed by atoms with van der Waals surface area (Å²) in [6.45, 7) is 0.663. The van der Waals surface area contributed by atoms with Crippen LogP contribution in [0.4, 0.5) is 5.69 Å². The van der Waals surface area contributed by atoms with E-state index in [4.69, 9.17) is 9.47 Å². The Kier molecular flexibility index (Phi) is 5.02. The number of methoxy groups -OCH3 is 2. The minimum absolute atomic E-state index is 0.456. The van der Waals surface area contributed by atoms with Crippen molar-refractivity contribution in [2.75, 3.05) is 19.5 Å². The number of nitrogens with one attached hydrogen (secondary N) is 1. The van der Waals surface area contributed by atoms with Gasteiger partial charge in [-0.25, -0.2) is 0 Å². The van der Waals surface area contributed by atoms with Crippen LogP contribution in [-0.2, 0) is 16.1 Å². The lowest BCUT2D eigenvalue weighted by Gasteiger charge is -2.29. The molecule has 3 nitrogen and oxygen atoms in total. The van der Waals surface area contributed by atoms with Crippen molar-refractivity contribution in [2.45, 2.75) is 44.4 Å². The van der Waals surface area contributed by atoms with Gasteiger partial charge in [-0.1, -0.05) is 18.2 Å². The first kappa shape index (κ1) is 13.4. The minimum atomic E-state index is 0.456. The van der Waals surface area contributed by atoms with Crippen molar-refractivity contribution in [3.8, 4) is 0 Å². The summed E-state index contributed by atoms with van der Waals surface area (Å²) in [7, 11) is 3.55. The molecule has 1 aromatic carbocycles. The first-order valence-electron chi connectivity index (χ1n) is 6.69. The molecule has 1 N–H and O–H groups in total.